The first-order valence-corrected chi connectivity index (χ1v) is 7.84. The molecule has 0 fully saturated rings. The highest BCUT2D eigenvalue weighted by Crippen LogP contribution is 2.20. The van der Waals surface area contributed by atoms with Gasteiger partial charge in [-0.05, 0) is 50.2 Å². The smallest absolute Gasteiger partial charge is 0.148 e. The number of rotatable bonds is 4. The van der Waals surface area contributed by atoms with Gasteiger partial charge >= 0.3 is 0 Å². The molecule has 3 rings (SSSR count). The van der Waals surface area contributed by atoms with Crippen LogP contribution in [0.15, 0.2) is 70.6 Å². The lowest BCUT2D eigenvalue weighted by molar-refractivity contribution is 0.629. The Balaban J connectivity index is 1.87. The van der Waals surface area contributed by atoms with Gasteiger partial charge in [-0.25, -0.2) is 18.8 Å². The zero-order valence-corrected chi connectivity index (χ0v) is 13.9. The Morgan fingerprint density at radius 3 is 1.48 bits per heavy atom. The summed E-state index contributed by atoms with van der Waals surface area (Å²) in [6, 6.07) is 16.4. The summed E-state index contributed by atoms with van der Waals surface area (Å²) in [5.74, 6) is -0.739. The van der Waals surface area contributed by atoms with E-state index >= 15 is 0 Å². The van der Waals surface area contributed by atoms with Crippen LogP contribution in [0.5, 0.6) is 0 Å². The molecule has 0 unspecified atom stereocenters. The molecule has 3 aromatic rings. The van der Waals surface area contributed by atoms with Crippen LogP contribution < -0.4 is 0 Å². The Bertz CT molecular complexity index is 879. The molecule has 0 bridgehead atoms. The fraction of sp³-hybridized carbons (Fsp3) is 0.100. The van der Waals surface area contributed by atoms with E-state index in [2.05, 4.69) is 15.0 Å². The summed E-state index contributed by atoms with van der Waals surface area (Å²) in [5.41, 5.74) is 3.37. The van der Waals surface area contributed by atoms with Crippen LogP contribution in [0.1, 0.15) is 25.2 Å². The second kappa shape index (κ2) is 7.21. The van der Waals surface area contributed by atoms with Crippen molar-refractivity contribution in [2.45, 2.75) is 13.8 Å². The lowest BCUT2D eigenvalue weighted by Crippen LogP contribution is -1.99. The van der Waals surface area contributed by atoms with Crippen molar-refractivity contribution in [3.8, 4) is 0 Å². The van der Waals surface area contributed by atoms with Crippen LogP contribution in [0, 0.1) is 11.6 Å². The first kappa shape index (κ1) is 16.8. The summed E-state index contributed by atoms with van der Waals surface area (Å²) in [7, 11) is 0. The van der Waals surface area contributed by atoms with E-state index in [-0.39, 0.29) is 23.0 Å². The summed E-state index contributed by atoms with van der Waals surface area (Å²) >= 11 is 0. The van der Waals surface area contributed by atoms with Gasteiger partial charge in [0, 0.05) is 0 Å². The van der Waals surface area contributed by atoms with Crippen molar-refractivity contribution in [2.75, 3.05) is 0 Å². The number of nitrogens with one attached hydrogen (secondary N) is 1. The summed E-state index contributed by atoms with van der Waals surface area (Å²) in [5, 5.41) is 0. The molecule has 0 aliphatic carbocycles. The second-order valence-corrected chi connectivity index (χ2v) is 5.58. The molecule has 0 saturated heterocycles. The molecule has 0 saturated carbocycles. The number of para-hydroxylation sites is 2. The molecule has 0 spiro atoms. The van der Waals surface area contributed by atoms with Crippen LogP contribution in [0.2, 0.25) is 0 Å². The monoisotopic (exact) mass is 337 g/mol. The first-order valence-electron chi connectivity index (χ1n) is 7.84. The summed E-state index contributed by atoms with van der Waals surface area (Å²) < 4.78 is 27.4. The van der Waals surface area contributed by atoms with Crippen LogP contribution in [0.25, 0.3) is 0 Å². The molecule has 0 radical (unpaired) electrons. The fourth-order valence-corrected chi connectivity index (χ4v) is 2.38. The Labute approximate surface area is 144 Å². The number of nitrogens with zero attached hydrogens (tertiary/aromatic N) is 2. The maximum absolute atomic E-state index is 13.7. The average molecular weight is 337 g/mol. The van der Waals surface area contributed by atoms with Crippen molar-refractivity contribution < 1.29 is 8.78 Å². The summed E-state index contributed by atoms with van der Waals surface area (Å²) in [4.78, 5) is 11.8. The topological polar surface area (TPSA) is 40.5 Å². The second-order valence-electron chi connectivity index (χ2n) is 5.58. The van der Waals surface area contributed by atoms with Gasteiger partial charge in [-0.2, -0.15) is 0 Å². The van der Waals surface area contributed by atoms with Crippen LogP contribution in [-0.4, -0.2) is 16.4 Å². The zero-order chi connectivity index (χ0) is 17.8. The Morgan fingerprint density at radius 2 is 1.08 bits per heavy atom. The zero-order valence-electron chi connectivity index (χ0n) is 13.9. The molecule has 126 valence electrons. The quantitative estimate of drug-likeness (QED) is 0.604. The number of halogens is 2. The maximum Gasteiger partial charge on any atom is 0.148 e. The molecule has 0 amide bonds. The molecule has 0 aliphatic heterocycles. The average Bonchev–Trinajstić information content (AvgIpc) is 3.09. The maximum atomic E-state index is 13.7. The fourth-order valence-electron chi connectivity index (χ4n) is 2.38. The van der Waals surface area contributed by atoms with Crippen LogP contribution in [0.4, 0.5) is 20.2 Å². The van der Waals surface area contributed by atoms with Crippen LogP contribution in [0.3, 0.4) is 0 Å². The predicted octanol–water partition coefficient (Wildman–Crippen LogP) is 5.57. The molecule has 5 heteroatoms. The highest BCUT2D eigenvalue weighted by Gasteiger charge is 2.07. The molecular formula is C20H17F2N3. The van der Waals surface area contributed by atoms with Crippen LogP contribution >= 0.6 is 0 Å². The van der Waals surface area contributed by atoms with Crippen molar-refractivity contribution in [1.82, 2.24) is 4.98 Å². The molecule has 0 atom stereocenters. The molecule has 3 nitrogen and oxygen atoms in total. The van der Waals surface area contributed by atoms with Gasteiger partial charge in [0.1, 0.15) is 11.6 Å². The van der Waals surface area contributed by atoms with Gasteiger partial charge in [0.2, 0.25) is 0 Å². The summed E-state index contributed by atoms with van der Waals surface area (Å²) in [6.07, 6.45) is 0. The SMILES string of the molecule is CC(=Nc1ccccc1F)c1ccc(C(C)=Nc2ccccc2F)[nH]1. The lowest BCUT2D eigenvalue weighted by atomic mass is 10.2. The van der Waals surface area contributed by atoms with E-state index < -0.39 is 0 Å². The number of aromatic amines is 1. The van der Waals surface area contributed by atoms with E-state index in [4.69, 9.17) is 0 Å². The normalized spacial score (nSPS) is 12.5. The standard InChI is InChI=1S/C20H17F2N3/c1-13(23-19-9-5-3-7-15(19)21)17-11-12-18(25-17)14(2)24-20-10-6-4-8-16(20)22/h3-12,25H,1-2H3. The number of aromatic nitrogens is 1. The van der Waals surface area contributed by atoms with Crippen molar-refractivity contribution in [1.29, 1.82) is 0 Å². The molecule has 25 heavy (non-hydrogen) atoms. The van der Waals surface area contributed by atoms with Gasteiger partial charge in [0.25, 0.3) is 0 Å². The Kier molecular flexibility index (Phi) is 4.84. The number of H-pyrrole nitrogens is 1. The van der Waals surface area contributed by atoms with E-state index in [0.717, 1.165) is 11.4 Å². The minimum absolute atomic E-state index is 0.285. The molecule has 2 aromatic carbocycles. The third-order valence-electron chi connectivity index (χ3n) is 3.75. The van der Waals surface area contributed by atoms with E-state index in [0.29, 0.717) is 11.4 Å². The molecule has 1 heterocycles. The number of hydrogen-bond acceptors (Lipinski definition) is 2. The molecular weight excluding hydrogens is 320 g/mol. The van der Waals surface area contributed by atoms with Crippen molar-refractivity contribution in [3.63, 3.8) is 0 Å². The van der Waals surface area contributed by atoms with Gasteiger partial charge in [-0.1, -0.05) is 24.3 Å². The Hall–Kier alpha value is -3.08. The highest BCUT2D eigenvalue weighted by molar-refractivity contribution is 6.03. The van der Waals surface area contributed by atoms with Crippen molar-refractivity contribution >= 4 is 22.8 Å². The Morgan fingerprint density at radius 1 is 0.680 bits per heavy atom. The minimum atomic E-state index is -0.370. The molecule has 1 N–H and O–H groups in total. The number of benzene rings is 2. The third-order valence-corrected chi connectivity index (χ3v) is 3.75. The van der Waals surface area contributed by atoms with Gasteiger partial charge < -0.3 is 4.98 Å². The van der Waals surface area contributed by atoms with Crippen molar-refractivity contribution in [2.24, 2.45) is 9.98 Å². The first-order chi connectivity index (χ1) is 12.0. The third kappa shape index (κ3) is 3.88. The predicted molar refractivity (Wildman–Crippen MR) is 97.3 cm³/mol. The van der Waals surface area contributed by atoms with Crippen LogP contribution in [-0.2, 0) is 0 Å². The molecule has 0 aliphatic rings. The van der Waals surface area contributed by atoms with E-state index in [1.54, 1.807) is 50.2 Å². The number of aliphatic imine (C=N–C) groups is 2. The van der Waals surface area contributed by atoms with Crippen molar-refractivity contribution in [3.05, 3.63) is 83.7 Å². The summed E-state index contributed by atoms with van der Waals surface area (Å²) in [6.45, 7) is 3.59. The van der Waals surface area contributed by atoms with E-state index in [1.165, 1.54) is 12.1 Å². The molecule has 1 aromatic heterocycles. The number of hydrogen-bond donors (Lipinski definition) is 1. The van der Waals surface area contributed by atoms with E-state index in [9.17, 15) is 8.78 Å². The largest absolute Gasteiger partial charge is 0.353 e. The van der Waals surface area contributed by atoms with Gasteiger partial charge in [0.05, 0.1) is 34.2 Å². The van der Waals surface area contributed by atoms with E-state index in [1.807, 2.05) is 12.1 Å². The van der Waals surface area contributed by atoms with Gasteiger partial charge in [-0.15, -0.1) is 0 Å². The van der Waals surface area contributed by atoms with Gasteiger partial charge in [-0.3, -0.25) is 0 Å². The minimum Gasteiger partial charge on any atom is -0.353 e. The highest BCUT2D eigenvalue weighted by atomic mass is 19.1. The van der Waals surface area contributed by atoms with Gasteiger partial charge in [0.15, 0.2) is 0 Å². The lowest BCUT2D eigenvalue weighted by Gasteiger charge is -2.01.